The van der Waals surface area contributed by atoms with Crippen molar-refractivity contribution in [2.75, 3.05) is 6.61 Å². The Balaban J connectivity index is 1.88. The number of halogens is 3. The van der Waals surface area contributed by atoms with Crippen molar-refractivity contribution in [1.82, 2.24) is 0 Å². The van der Waals surface area contributed by atoms with Gasteiger partial charge in [-0.1, -0.05) is 12.1 Å². The number of alkyl halides is 3. The van der Waals surface area contributed by atoms with Crippen molar-refractivity contribution < 1.29 is 32.2 Å². The lowest BCUT2D eigenvalue weighted by molar-refractivity contribution is -0.150. The van der Waals surface area contributed by atoms with Gasteiger partial charge in [0.25, 0.3) is 0 Å². The molecule has 152 valence electrons. The molecule has 7 heteroatoms. The highest BCUT2D eigenvalue weighted by Gasteiger charge is 2.29. The first-order valence-electron chi connectivity index (χ1n) is 8.93. The molecule has 0 bridgehead atoms. The van der Waals surface area contributed by atoms with Gasteiger partial charge in [0.15, 0.2) is 0 Å². The lowest BCUT2D eigenvalue weighted by Gasteiger charge is -2.20. The molecule has 2 aromatic carbocycles. The van der Waals surface area contributed by atoms with Crippen LogP contribution in [0.4, 0.5) is 13.2 Å². The van der Waals surface area contributed by atoms with E-state index in [1.807, 2.05) is 0 Å². The Hall–Kier alpha value is -2.70. The summed E-state index contributed by atoms with van der Waals surface area (Å²) >= 11 is 0. The summed E-state index contributed by atoms with van der Waals surface area (Å²) < 4.78 is 54.0. The van der Waals surface area contributed by atoms with E-state index in [-0.39, 0.29) is 18.7 Å². The number of ether oxygens (including phenoxy) is 3. The molecule has 0 saturated carbocycles. The van der Waals surface area contributed by atoms with Gasteiger partial charge < -0.3 is 14.2 Å². The summed E-state index contributed by atoms with van der Waals surface area (Å²) in [6, 6.07) is 11.6. The zero-order valence-corrected chi connectivity index (χ0v) is 16.0. The predicted octanol–water partition coefficient (Wildman–Crippen LogP) is 5.25. The topological polar surface area (TPSA) is 44.8 Å². The van der Waals surface area contributed by atoms with E-state index in [9.17, 15) is 18.0 Å². The molecule has 0 radical (unpaired) electrons. The number of carbonyl (C=O) groups excluding carboxylic acids is 1. The third kappa shape index (κ3) is 6.18. The third-order valence-electron chi connectivity index (χ3n) is 4.19. The van der Waals surface area contributed by atoms with Gasteiger partial charge in [-0.05, 0) is 62.7 Å². The van der Waals surface area contributed by atoms with Crippen LogP contribution in [-0.2, 0) is 22.3 Å². The Morgan fingerprint density at radius 1 is 0.964 bits per heavy atom. The second-order valence-electron chi connectivity index (χ2n) is 6.32. The van der Waals surface area contributed by atoms with Crippen molar-refractivity contribution in [3.63, 3.8) is 0 Å². The van der Waals surface area contributed by atoms with Crippen LogP contribution in [0.5, 0.6) is 11.5 Å². The van der Waals surface area contributed by atoms with Crippen LogP contribution >= 0.6 is 0 Å². The molecule has 28 heavy (non-hydrogen) atoms. The Kier molecular flexibility index (Phi) is 7.31. The maximum atomic E-state index is 12.6. The summed E-state index contributed by atoms with van der Waals surface area (Å²) in [6.07, 6.45) is -4.71. The fraction of sp³-hybridized carbons (Fsp3) is 0.381. The highest BCUT2D eigenvalue weighted by molar-refractivity contribution is 5.72. The number of hydrogen-bond acceptors (Lipinski definition) is 4. The smallest absolute Gasteiger partial charge is 0.416 e. The highest BCUT2D eigenvalue weighted by atomic mass is 19.4. The molecular formula is C21H23F3O4. The van der Waals surface area contributed by atoms with E-state index in [2.05, 4.69) is 0 Å². The predicted molar refractivity (Wildman–Crippen MR) is 98.1 cm³/mol. The minimum atomic E-state index is -4.35. The molecule has 2 atom stereocenters. The molecule has 0 aromatic heterocycles. The first kappa shape index (κ1) is 21.6. The van der Waals surface area contributed by atoms with Gasteiger partial charge in [-0.15, -0.1) is 0 Å². The number of esters is 1. The van der Waals surface area contributed by atoms with Crippen LogP contribution in [-0.4, -0.2) is 18.7 Å². The monoisotopic (exact) mass is 396 g/mol. The fourth-order valence-electron chi connectivity index (χ4n) is 2.35. The van der Waals surface area contributed by atoms with Crippen LogP contribution < -0.4 is 9.47 Å². The number of benzene rings is 2. The maximum absolute atomic E-state index is 12.6. The Morgan fingerprint density at radius 2 is 1.54 bits per heavy atom. The summed E-state index contributed by atoms with van der Waals surface area (Å²) in [4.78, 5) is 11.7. The van der Waals surface area contributed by atoms with Gasteiger partial charge in [0.1, 0.15) is 24.2 Å². The number of rotatable bonds is 8. The molecule has 0 aliphatic rings. The minimum Gasteiger partial charge on any atom is -0.490 e. The molecule has 2 unspecified atom stereocenters. The zero-order chi connectivity index (χ0) is 20.7. The second-order valence-corrected chi connectivity index (χ2v) is 6.32. The third-order valence-corrected chi connectivity index (χ3v) is 4.19. The van der Waals surface area contributed by atoms with Gasteiger partial charge in [-0.2, -0.15) is 13.2 Å². The Bertz CT molecular complexity index is 755. The van der Waals surface area contributed by atoms with Gasteiger partial charge in [0.05, 0.1) is 18.1 Å². The van der Waals surface area contributed by atoms with Crippen molar-refractivity contribution in [2.45, 2.75) is 39.7 Å². The molecule has 2 rings (SSSR count). The lowest BCUT2D eigenvalue weighted by atomic mass is 10.1. The summed E-state index contributed by atoms with van der Waals surface area (Å²) in [6.45, 7) is 5.75. The van der Waals surface area contributed by atoms with E-state index in [4.69, 9.17) is 14.2 Å². The van der Waals surface area contributed by atoms with E-state index >= 15 is 0 Å². The summed E-state index contributed by atoms with van der Waals surface area (Å²) in [5, 5.41) is 0. The van der Waals surface area contributed by atoms with E-state index in [1.54, 1.807) is 45.0 Å². The molecule has 0 fully saturated rings. The fourth-order valence-corrected chi connectivity index (χ4v) is 2.35. The zero-order valence-electron chi connectivity index (χ0n) is 16.0. The van der Waals surface area contributed by atoms with Crippen molar-refractivity contribution in [3.8, 4) is 11.5 Å². The van der Waals surface area contributed by atoms with E-state index in [0.717, 1.165) is 12.1 Å². The van der Waals surface area contributed by atoms with Crippen LogP contribution in [0.2, 0.25) is 0 Å². The van der Waals surface area contributed by atoms with Crippen LogP contribution in [0.25, 0.3) is 0 Å². The van der Waals surface area contributed by atoms with Crippen LogP contribution in [0, 0.1) is 5.92 Å². The Labute approximate surface area is 162 Å². The molecule has 0 N–H and O–H groups in total. The number of carbonyl (C=O) groups is 1. The Morgan fingerprint density at radius 3 is 2.07 bits per heavy atom. The average molecular weight is 396 g/mol. The molecule has 0 spiro atoms. The molecule has 4 nitrogen and oxygen atoms in total. The molecule has 0 heterocycles. The van der Waals surface area contributed by atoms with Crippen molar-refractivity contribution >= 4 is 5.97 Å². The largest absolute Gasteiger partial charge is 0.490 e. The SMILES string of the molecule is CCOC(=O)C(C)C(C)Oc1ccc(OCc2ccc(C(F)(F)F)cc2)cc1. The van der Waals surface area contributed by atoms with Crippen LogP contribution in [0.3, 0.4) is 0 Å². The normalized spacial score (nSPS) is 13.5. The molecule has 0 aliphatic carbocycles. The first-order chi connectivity index (χ1) is 13.2. The summed E-state index contributed by atoms with van der Waals surface area (Å²) in [5.74, 6) is 0.408. The average Bonchev–Trinajstić information content (AvgIpc) is 2.66. The lowest BCUT2D eigenvalue weighted by Crippen LogP contribution is -2.29. The van der Waals surface area contributed by atoms with Gasteiger partial charge in [-0.25, -0.2) is 0 Å². The van der Waals surface area contributed by atoms with E-state index < -0.39 is 17.7 Å². The maximum Gasteiger partial charge on any atom is 0.416 e. The molecule has 0 amide bonds. The quantitative estimate of drug-likeness (QED) is 0.572. The van der Waals surface area contributed by atoms with Crippen molar-refractivity contribution in [1.29, 1.82) is 0 Å². The molecule has 0 saturated heterocycles. The van der Waals surface area contributed by atoms with Crippen molar-refractivity contribution in [2.24, 2.45) is 5.92 Å². The van der Waals surface area contributed by atoms with Gasteiger partial charge in [0.2, 0.25) is 0 Å². The van der Waals surface area contributed by atoms with Crippen molar-refractivity contribution in [3.05, 3.63) is 59.7 Å². The number of hydrogen-bond donors (Lipinski definition) is 0. The van der Waals surface area contributed by atoms with Crippen LogP contribution in [0.1, 0.15) is 31.9 Å². The molecule has 0 aliphatic heterocycles. The first-order valence-corrected chi connectivity index (χ1v) is 8.93. The standard InChI is InChI=1S/C21H23F3O4/c1-4-26-20(25)14(2)15(3)28-19-11-9-18(10-12-19)27-13-16-5-7-17(8-6-16)21(22,23)24/h5-12,14-15H,4,13H2,1-3H3. The minimum absolute atomic E-state index is 0.147. The molecular weight excluding hydrogens is 373 g/mol. The van der Waals surface area contributed by atoms with Gasteiger partial charge in [-0.3, -0.25) is 4.79 Å². The summed E-state index contributed by atoms with van der Waals surface area (Å²) in [5.41, 5.74) is -0.0610. The van der Waals surface area contributed by atoms with E-state index in [0.29, 0.717) is 23.7 Å². The second kappa shape index (κ2) is 9.48. The van der Waals surface area contributed by atoms with E-state index in [1.165, 1.54) is 12.1 Å². The molecule has 2 aromatic rings. The van der Waals surface area contributed by atoms with Crippen LogP contribution in [0.15, 0.2) is 48.5 Å². The van der Waals surface area contributed by atoms with Gasteiger partial charge in [0, 0.05) is 0 Å². The highest BCUT2D eigenvalue weighted by Crippen LogP contribution is 2.29. The summed E-state index contributed by atoms with van der Waals surface area (Å²) in [7, 11) is 0. The van der Waals surface area contributed by atoms with Gasteiger partial charge >= 0.3 is 12.1 Å².